The van der Waals surface area contributed by atoms with Crippen LogP contribution >= 0.6 is 0 Å². The van der Waals surface area contributed by atoms with Crippen molar-refractivity contribution in [2.45, 2.75) is 39.7 Å². The van der Waals surface area contributed by atoms with Gasteiger partial charge in [0.15, 0.2) is 0 Å². The minimum Gasteiger partial charge on any atom is -0.399 e. The number of nitrogen functional groups attached to an aromatic ring is 1. The summed E-state index contributed by atoms with van der Waals surface area (Å²) in [7, 11) is 0. The van der Waals surface area contributed by atoms with Crippen molar-refractivity contribution >= 4 is 17.3 Å². The van der Waals surface area contributed by atoms with E-state index in [0.29, 0.717) is 30.0 Å². The first-order chi connectivity index (χ1) is 9.95. The highest BCUT2D eigenvalue weighted by molar-refractivity contribution is 5.91. The second kappa shape index (κ2) is 6.94. The molecule has 1 aromatic rings. The van der Waals surface area contributed by atoms with Crippen molar-refractivity contribution in [3.63, 3.8) is 0 Å². The molecule has 1 fully saturated rings. The Kier molecular flexibility index (Phi) is 5.23. The summed E-state index contributed by atoms with van der Waals surface area (Å²) < 4.78 is 0. The maximum absolute atomic E-state index is 12.1. The number of nitrogens with zero attached hydrogens (tertiary/aromatic N) is 1. The second-order valence-corrected chi connectivity index (χ2v) is 6.48. The molecule has 3 N–H and O–H groups in total. The number of amides is 1. The Morgan fingerprint density at radius 2 is 2.14 bits per heavy atom. The number of anilines is 2. The largest absolute Gasteiger partial charge is 0.399 e. The van der Waals surface area contributed by atoms with Crippen LogP contribution < -0.4 is 11.1 Å². The molecule has 0 radical (unpaired) electrons. The lowest BCUT2D eigenvalue weighted by Gasteiger charge is -2.41. The van der Waals surface area contributed by atoms with E-state index >= 15 is 0 Å². The third-order valence-corrected chi connectivity index (χ3v) is 4.52. The van der Waals surface area contributed by atoms with Gasteiger partial charge in [0, 0.05) is 36.9 Å². The molecule has 1 saturated heterocycles. The van der Waals surface area contributed by atoms with Crippen molar-refractivity contribution in [1.29, 1.82) is 0 Å². The number of piperidine rings is 1. The van der Waals surface area contributed by atoms with Crippen molar-refractivity contribution < 1.29 is 4.79 Å². The van der Waals surface area contributed by atoms with Gasteiger partial charge in [-0.2, -0.15) is 0 Å². The lowest BCUT2D eigenvalue weighted by atomic mass is 9.86. The number of carbonyl (C=O) groups is 1. The fourth-order valence-corrected chi connectivity index (χ4v) is 3.21. The first-order valence-corrected chi connectivity index (χ1v) is 7.85. The summed E-state index contributed by atoms with van der Waals surface area (Å²) in [5.74, 6) is 1.47. The molecule has 21 heavy (non-hydrogen) atoms. The fraction of sp³-hybridized carbons (Fsp3) is 0.588. The Bertz CT molecular complexity index is 489. The van der Waals surface area contributed by atoms with Gasteiger partial charge in [-0.3, -0.25) is 9.69 Å². The normalized spacial score (nSPS) is 26.5. The maximum Gasteiger partial charge on any atom is 0.225 e. The Balaban J connectivity index is 1.83. The highest BCUT2D eigenvalue weighted by atomic mass is 16.1. The number of nitrogens with two attached hydrogens (primary N) is 1. The van der Waals surface area contributed by atoms with Gasteiger partial charge in [-0.1, -0.05) is 19.9 Å². The molecule has 0 spiro atoms. The zero-order chi connectivity index (χ0) is 15.4. The van der Waals surface area contributed by atoms with Crippen molar-refractivity contribution in [1.82, 2.24) is 4.90 Å². The number of carbonyl (C=O) groups excluding carboxylic acids is 1. The van der Waals surface area contributed by atoms with Gasteiger partial charge >= 0.3 is 0 Å². The number of hydrogen-bond acceptors (Lipinski definition) is 3. The van der Waals surface area contributed by atoms with Crippen LogP contribution in [-0.4, -0.2) is 29.9 Å². The fourth-order valence-electron chi connectivity index (χ4n) is 3.21. The Hall–Kier alpha value is -1.55. The molecule has 116 valence electrons. The van der Waals surface area contributed by atoms with E-state index in [1.165, 1.54) is 6.42 Å². The first kappa shape index (κ1) is 15.8. The summed E-state index contributed by atoms with van der Waals surface area (Å²) in [6, 6.07) is 7.86. The van der Waals surface area contributed by atoms with Crippen LogP contribution in [0.3, 0.4) is 0 Å². The van der Waals surface area contributed by atoms with Crippen LogP contribution in [0, 0.1) is 11.8 Å². The van der Waals surface area contributed by atoms with E-state index in [0.717, 1.165) is 18.8 Å². The standard InChI is InChI=1S/C17H27N3O/c1-12-9-13(2)14(3)20(11-12)8-7-17(21)19-16-6-4-5-15(18)10-16/h4-6,10,12-14H,7-9,11,18H2,1-3H3,(H,19,21). The molecule has 3 unspecified atom stereocenters. The molecule has 0 saturated carbocycles. The smallest absolute Gasteiger partial charge is 0.225 e. The number of rotatable bonds is 4. The maximum atomic E-state index is 12.1. The van der Waals surface area contributed by atoms with Crippen molar-refractivity contribution in [2.75, 3.05) is 24.1 Å². The minimum atomic E-state index is 0.0543. The number of benzene rings is 1. The number of likely N-dealkylation sites (tertiary alicyclic amines) is 1. The zero-order valence-electron chi connectivity index (χ0n) is 13.3. The van der Waals surface area contributed by atoms with Crippen molar-refractivity contribution in [3.05, 3.63) is 24.3 Å². The molecule has 1 amide bonds. The molecule has 1 aliphatic rings. The predicted octanol–water partition coefficient (Wildman–Crippen LogP) is 2.96. The van der Waals surface area contributed by atoms with Crippen LogP contribution in [0.2, 0.25) is 0 Å². The van der Waals surface area contributed by atoms with E-state index in [1.807, 2.05) is 18.2 Å². The van der Waals surface area contributed by atoms with E-state index in [4.69, 9.17) is 5.73 Å². The Morgan fingerprint density at radius 3 is 2.86 bits per heavy atom. The van der Waals surface area contributed by atoms with Gasteiger partial charge in [-0.25, -0.2) is 0 Å². The molecule has 3 atom stereocenters. The molecule has 4 heteroatoms. The zero-order valence-corrected chi connectivity index (χ0v) is 13.3. The summed E-state index contributed by atoms with van der Waals surface area (Å²) in [4.78, 5) is 14.5. The predicted molar refractivity (Wildman–Crippen MR) is 88.1 cm³/mol. The molecule has 2 rings (SSSR count). The second-order valence-electron chi connectivity index (χ2n) is 6.48. The average Bonchev–Trinajstić information content (AvgIpc) is 2.41. The van der Waals surface area contributed by atoms with Crippen LogP contribution in [0.5, 0.6) is 0 Å². The van der Waals surface area contributed by atoms with Crippen LogP contribution in [-0.2, 0) is 4.79 Å². The lowest BCUT2D eigenvalue weighted by molar-refractivity contribution is -0.116. The highest BCUT2D eigenvalue weighted by Gasteiger charge is 2.28. The van der Waals surface area contributed by atoms with Gasteiger partial charge in [0.2, 0.25) is 5.91 Å². The van der Waals surface area contributed by atoms with Crippen molar-refractivity contribution in [3.8, 4) is 0 Å². The molecule has 1 aliphatic heterocycles. The summed E-state index contributed by atoms with van der Waals surface area (Å²) in [6.07, 6.45) is 1.81. The summed E-state index contributed by atoms with van der Waals surface area (Å²) in [6.45, 7) is 8.79. The van der Waals surface area contributed by atoms with Crippen LogP contribution in [0.4, 0.5) is 11.4 Å². The van der Waals surface area contributed by atoms with E-state index in [9.17, 15) is 4.79 Å². The lowest BCUT2D eigenvalue weighted by Crippen LogP contribution is -2.46. The molecule has 4 nitrogen and oxygen atoms in total. The van der Waals surface area contributed by atoms with E-state index in [-0.39, 0.29) is 5.91 Å². The van der Waals surface area contributed by atoms with Crippen LogP contribution in [0.25, 0.3) is 0 Å². The monoisotopic (exact) mass is 289 g/mol. The van der Waals surface area contributed by atoms with Crippen LogP contribution in [0.15, 0.2) is 24.3 Å². The van der Waals surface area contributed by atoms with Gasteiger partial charge in [0.05, 0.1) is 0 Å². The van der Waals surface area contributed by atoms with Gasteiger partial charge in [0.25, 0.3) is 0 Å². The minimum absolute atomic E-state index is 0.0543. The summed E-state index contributed by atoms with van der Waals surface area (Å²) in [5.41, 5.74) is 7.15. The van der Waals surface area contributed by atoms with Gasteiger partial charge in [-0.15, -0.1) is 0 Å². The first-order valence-electron chi connectivity index (χ1n) is 7.85. The molecule has 0 aliphatic carbocycles. The third-order valence-electron chi connectivity index (χ3n) is 4.52. The topological polar surface area (TPSA) is 58.4 Å². The summed E-state index contributed by atoms with van der Waals surface area (Å²) >= 11 is 0. The molecule has 0 bridgehead atoms. The van der Waals surface area contributed by atoms with Gasteiger partial charge in [-0.05, 0) is 43.4 Å². The van der Waals surface area contributed by atoms with Gasteiger partial charge < -0.3 is 11.1 Å². The number of hydrogen-bond donors (Lipinski definition) is 2. The van der Waals surface area contributed by atoms with Gasteiger partial charge in [0.1, 0.15) is 0 Å². The quantitative estimate of drug-likeness (QED) is 0.838. The Labute approximate surface area is 127 Å². The molecule has 1 heterocycles. The SMILES string of the molecule is CC1CC(C)C(C)N(CCC(=O)Nc2cccc(N)c2)C1. The molecule has 0 aromatic heterocycles. The molecular weight excluding hydrogens is 262 g/mol. The highest BCUT2D eigenvalue weighted by Crippen LogP contribution is 2.26. The van der Waals surface area contributed by atoms with E-state index in [2.05, 4.69) is 31.0 Å². The average molecular weight is 289 g/mol. The van der Waals surface area contributed by atoms with E-state index < -0.39 is 0 Å². The number of nitrogens with one attached hydrogen (secondary N) is 1. The molecular formula is C17H27N3O. The van der Waals surface area contributed by atoms with Crippen molar-refractivity contribution in [2.24, 2.45) is 11.8 Å². The summed E-state index contributed by atoms with van der Waals surface area (Å²) in [5, 5.41) is 2.91. The Morgan fingerprint density at radius 1 is 1.38 bits per heavy atom. The van der Waals surface area contributed by atoms with E-state index in [1.54, 1.807) is 6.07 Å². The third kappa shape index (κ3) is 4.46. The molecule has 1 aromatic carbocycles. The van der Waals surface area contributed by atoms with Crippen LogP contribution in [0.1, 0.15) is 33.6 Å².